The molecule has 2 heterocycles. The molecule has 8 nitrogen and oxygen atoms in total. The predicted molar refractivity (Wildman–Crippen MR) is 121 cm³/mol. The normalized spacial score (nSPS) is 18.3. The van der Waals surface area contributed by atoms with Crippen molar-refractivity contribution in [2.75, 3.05) is 42.3 Å². The molecule has 2 aliphatic rings. The van der Waals surface area contributed by atoms with Gasteiger partial charge in [0.15, 0.2) is 0 Å². The van der Waals surface area contributed by atoms with E-state index in [1.54, 1.807) is 36.4 Å². The number of para-hydroxylation sites is 1. The van der Waals surface area contributed by atoms with Crippen LogP contribution in [-0.4, -0.2) is 51.0 Å². The summed E-state index contributed by atoms with van der Waals surface area (Å²) < 4.78 is 27.9. The molecular weight excluding hydrogens is 416 g/mol. The summed E-state index contributed by atoms with van der Waals surface area (Å²) in [6, 6.07) is 12.7. The lowest BCUT2D eigenvalue weighted by molar-refractivity contribution is -0.384. The fourth-order valence-corrected chi connectivity index (χ4v) is 5.57. The van der Waals surface area contributed by atoms with Crippen LogP contribution in [0.3, 0.4) is 0 Å². The molecule has 2 saturated heterocycles. The third-order valence-corrected chi connectivity index (χ3v) is 7.53. The maximum Gasteiger partial charge on any atom is 0.293 e. The van der Waals surface area contributed by atoms with Crippen LogP contribution in [0.2, 0.25) is 0 Å². The molecule has 0 atom stereocenters. The molecule has 0 aromatic heterocycles. The number of rotatable bonds is 7. The van der Waals surface area contributed by atoms with Crippen molar-refractivity contribution in [2.45, 2.75) is 30.6 Å². The monoisotopic (exact) mass is 444 g/mol. The molecule has 2 fully saturated rings. The van der Waals surface area contributed by atoms with E-state index in [0.29, 0.717) is 17.3 Å². The third-order valence-electron chi connectivity index (χ3n) is 6.15. The number of nitrogens with one attached hydrogen (secondary N) is 1. The lowest BCUT2D eigenvalue weighted by Crippen LogP contribution is -2.38. The highest BCUT2D eigenvalue weighted by atomic mass is 32.2. The number of nitrogens with zero attached hydrogens (tertiary/aromatic N) is 3. The number of benzene rings is 2. The molecule has 2 aliphatic heterocycles. The van der Waals surface area contributed by atoms with Gasteiger partial charge in [0.1, 0.15) is 5.69 Å². The summed E-state index contributed by atoms with van der Waals surface area (Å²) in [4.78, 5) is 15.7. The van der Waals surface area contributed by atoms with Crippen molar-refractivity contribution in [2.24, 2.45) is 5.92 Å². The Hall–Kier alpha value is -2.65. The molecule has 31 heavy (non-hydrogen) atoms. The van der Waals surface area contributed by atoms with Crippen LogP contribution in [0.5, 0.6) is 0 Å². The molecule has 166 valence electrons. The topological polar surface area (TPSA) is 95.8 Å². The standard InChI is InChI=1S/C22H28N4O4S/c27-26(28)22-16-20(31(29,30)23-19-6-2-1-3-7-19)8-9-21(22)25-14-10-18(11-15-25)17-24-12-4-5-13-24/h1-3,6-9,16,18,23H,4-5,10-15,17H2. The summed E-state index contributed by atoms with van der Waals surface area (Å²) in [5.41, 5.74) is 0.728. The number of nitro groups is 1. The van der Waals surface area contributed by atoms with Gasteiger partial charge >= 0.3 is 0 Å². The molecule has 0 saturated carbocycles. The minimum absolute atomic E-state index is 0.115. The Bertz CT molecular complexity index is 1020. The first kappa shape index (κ1) is 21.6. The zero-order valence-corrected chi connectivity index (χ0v) is 18.3. The highest BCUT2D eigenvalue weighted by Crippen LogP contribution is 2.34. The molecule has 0 amide bonds. The Morgan fingerprint density at radius 3 is 2.32 bits per heavy atom. The molecule has 0 bridgehead atoms. The van der Waals surface area contributed by atoms with Crippen LogP contribution in [0.1, 0.15) is 25.7 Å². The Labute approximate surface area is 183 Å². The zero-order valence-electron chi connectivity index (χ0n) is 17.4. The fraction of sp³-hybridized carbons (Fsp3) is 0.455. The number of likely N-dealkylation sites (tertiary alicyclic amines) is 1. The lowest BCUT2D eigenvalue weighted by atomic mass is 9.95. The summed E-state index contributed by atoms with van der Waals surface area (Å²) in [7, 11) is -3.92. The molecule has 1 N–H and O–H groups in total. The van der Waals surface area contributed by atoms with Crippen molar-refractivity contribution in [3.63, 3.8) is 0 Å². The van der Waals surface area contributed by atoms with E-state index < -0.39 is 14.9 Å². The summed E-state index contributed by atoms with van der Waals surface area (Å²) in [5, 5.41) is 11.8. The number of piperidine rings is 1. The molecule has 2 aromatic rings. The number of hydrogen-bond acceptors (Lipinski definition) is 6. The largest absolute Gasteiger partial charge is 0.366 e. The van der Waals surface area contributed by atoms with E-state index in [0.717, 1.165) is 38.5 Å². The lowest BCUT2D eigenvalue weighted by Gasteiger charge is -2.35. The van der Waals surface area contributed by atoms with Crippen LogP contribution in [0, 0.1) is 16.0 Å². The summed E-state index contributed by atoms with van der Waals surface area (Å²) >= 11 is 0. The third kappa shape index (κ3) is 5.16. The fourth-order valence-electron chi connectivity index (χ4n) is 4.49. The zero-order chi connectivity index (χ0) is 21.8. The van der Waals surface area contributed by atoms with Gasteiger partial charge in [0.05, 0.1) is 9.82 Å². The Kier molecular flexibility index (Phi) is 6.43. The first-order valence-electron chi connectivity index (χ1n) is 10.8. The second-order valence-electron chi connectivity index (χ2n) is 8.32. The van der Waals surface area contributed by atoms with Gasteiger partial charge in [0.25, 0.3) is 15.7 Å². The van der Waals surface area contributed by atoms with Crippen LogP contribution in [0.4, 0.5) is 17.1 Å². The van der Waals surface area contributed by atoms with E-state index in [4.69, 9.17) is 0 Å². The average molecular weight is 445 g/mol. The molecule has 0 aliphatic carbocycles. The van der Waals surface area contributed by atoms with Crippen molar-refractivity contribution in [3.8, 4) is 0 Å². The van der Waals surface area contributed by atoms with Gasteiger partial charge in [-0.3, -0.25) is 14.8 Å². The summed E-state index contributed by atoms with van der Waals surface area (Å²) in [6.07, 6.45) is 4.53. The van der Waals surface area contributed by atoms with E-state index in [9.17, 15) is 18.5 Å². The number of anilines is 2. The first-order valence-corrected chi connectivity index (χ1v) is 12.2. The second kappa shape index (κ2) is 9.23. The van der Waals surface area contributed by atoms with Gasteiger partial charge in [-0.25, -0.2) is 8.42 Å². The van der Waals surface area contributed by atoms with Crippen LogP contribution < -0.4 is 9.62 Å². The van der Waals surface area contributed by atoms with Crippen molar-refractivity contribution >= 4 is 27.1 Å². The molecule has 2 aromatic carbocycles. The molecule has 0 spiro atoms. The van der Waals surface area contributed by atoms with Gasteiger partial charge in [-0.15, -0.1) is 0 Å². The van der Waals surface area contributed by atoms with Crippen molar-refractivity contribution in [3.05, 3.63) is 58.6 Å². The Morgan fingerprint density at radius 2 is 1.68 bits per heavy atom. The maximum absolute atomic E-state index is 12.7. The number of sulfonamides is 1. The van der Waals surface area contributed by atoms with E-state index in [2.05, 4.69) is 9.62 Å². The molecule has 9 heteroatoms. The second-order valence-corrected chi connectivity index (χ2v) is 10.00. The Balaban J connectivity index is 1.48. The average Bonchev–Trinajstić information content (AvgIpc) is 3.27. The smallest absolute Gasteiger partial charge is 0.293 e. The predicted octanol–water partition coefficient (Wildman–Crippen LogP) is 3.71. The van der Waals surface area contributed by atoms with Gasteiger partial charge in [-0.05, 0) is 69.0 Å². The van der Waals surface area contributed by atoms with Gasteiger partial charge in [0.2, 0.25) is 0 Å². The van der Waals surface area contributed by atoms with E-state index in [1.165, 1.54) is 32.0 Å². The van der Waals surface area contributed by atoms with E-state index in [1.807, 2.05) is 4.90 Å². The van der Waals surface area contributed by atoms with E-state index >= 15 is 0 Å². The van der Waals surface area contributed by atoms with Crippen LogP contribution in [-0.2, 0) is 10.0 Å². The minimum atomic E-state index is -3.92. The summed E-state index contributed by atoms with van der Waals surface area (Å²) in [5.74, 6) is 0.614. The van der Waals surface area contributed by atoms with Gasteiger partial charge in [0, 0.05) is 31.4 Å². The SMILES string of the molecule is O=[N+]([O-])c1cc(S(=O)(=O)Nc2ccccc2)ccc1N1CCC(CN2CCCC2)CC1. The molecule has 4 rings (SSSR count). The Morgan fingerprint density at radius 1 is 1.00 bits per heavy atom. The molecule has 0 unspecified atom stereocenters. The summed E-state index contributed by atoms with van der Waals surface area (Å²) in [6.45, 7) is 4.96. The maximum atomic E-state index is 12.7. The van der Waals surface area contributed by atoms with Gasteiger partial charge in [-0.2, -0.15) is 0 Å². The van der Waals surface area contributed by atoms with Crippen LogP contribution in [0.15, 0.2) is 53.4 Å². The van der Waals surface area contributed by atoms with Crippen molar-refractivity contribution < 1.29 is 13.3 Å². The van der Waals surface area contributed by atoms with Crippen molar-refractivity contribution in [1.29, 1.82) is 0 Å². The number of hydrogen-bond donors (Lipinski definition) is 1. The van der Waals surface area contributed by atoms with E-state index in [-0.39, 0.29) is 10.6 Å². The first-order chi connectivity index (χ1) is 14.9. The van der Waals surface area contributed by atoms with Crippen LogP contribution in [0.25, 0.3) is 0 Å². The quantitative estimate of drug-likeness (QED) is 0.517. The highest BCUT2D eigenvalue weighted by molar-refractivity contribution is 7.92. The van der Waals surface area contributed by atoms with Gasteiger partial charge in [-0.1, -0.05) is 18.2 Å². The molecular formula is C22H28N4O4S. The minimum Gasteiger partial charge on any atom is -0.366 e. The molecule has 0 radical (unpaired) electrons. The van der Waals surface area contributed by atoms with Crippen molar-refractivity contribution in [1.82, 2.24) is 4.90 Å². The number of nitro benzene ring substituents is 1. The highest BCUT2D eigenvalue weighted by Gasteiger charge is 2.28. The van der Waals surface area contributed by atoms with Gasteiger partial charge < -0.3 is 9.80 Å². The van der Waals surface area contributed by atoms with Crippen LogP contribution >= 0.6 is 0 Å².